The van der Waals surface area contributed by atoms with Gasteiger partial charge in [0, 0.05) is 24.2 Å². The third-order valence-corrected chi connectivity index (χ3v) is 3.03. The molecule has 1 rings (SSSR count). The lowest BCUT2D eigenvalue weighted by molar-refractivity contribution is -0.135. The van der Waals surface area contributed by atoms with Gasteiger partial charge in [-0.2, -0.15) is 0 Å². The minimum absolute atomic E-state index is 0.104. The van der Waals surface area contributed by atoms with Gasteiger partial charge >= 0.3 is 0 Å². The lowest BCUT2D eigenvalue weighted by atomic mass is 10.0. The van der Waals surface area contributed by atoms with Crippen LogP contribution < -0.4 is 5.73 Å². The molecule has 0 heterocycles. The van der Waals surface area contributed by atoms with Crippen LogP contribution in [0.5, 0.6) is 0 Å². The normalized spacial score (nSPS) is 11.3. The largest absolute Gasteiger partial charge is 0.399 e. The predicted octanol–water partition coefficient (Wildman–Crippen LogP) is 2.85. The highest BCUT2D eigenvalue weighted by Crippen LogP contribution is 2.15. The van der Waals surface area contributed by atoms with Crippen molar-refractivity contribution in [2.24, 2.45) is 0 Å². The zero-order valence-corrected chi connectivity index (χ0v) is 11.9. The summed E-state index contributed by atoms with van der Waals surface area (Å²) in [6.45, 7) is 8.98. The Hall–Kier alpha value is -1.51. The predicted molar refractivity (Wildman–Crippen MR) is 76.3 cm³/mol. The SMILES string of the molecule is CCN(C(=O)CCc1ccc(N)cc1)C(C)(C)C. The summed E-state index contributed by atoms with van der Waals surface area (Å²) >= 11 is 0. The van der Waals surface area contributed by atoms with Crippen LogP contribution in [0.4, 0.5) is 5.69 Å². The van der Waals surface area contributed by atoms with Crippen molar-refractivity contribution in [2.75, 3.05) is 12.3 Å². The van der Waals surface area contributed by atoms with Crippen molar-refractivity contribution >= 4 is 11.6 Å². The molecule has 0 saturated carbocycles. The highest BCUT2D eigenvalue weighted by molar-refractivity contribution is 5.77. The van der Waals surface area contributed by atoms with Crippen LogP contribution in [0.3, 0.4) is 0 Å². The lowest BCUT2D eigenvalue weighted by Gasteiger charge is -2.35. The summed E-state index contributed by atoms with van der Waals surface area (Å²) < 4.78 is 0. The first-order valence-corrected chi connectivity index (χ1v) is 6.49. The highest BCUT2D eigenvalue weighted by Gasteiger charge is 2.24. The number of hydrogen-bond donors (Lipinski definition) is 1. The van der Waals surface area contributed by atoms with Gasteiger partial charge in [0.05, 0.1) is 0 Å². The summed E-state index contributed by atoms with van der Waals surface area (Å²) in [5.74, 6) is 0.210. The molecular weight excluding hydrogens is 224 g/mol. The molecule has 0 radical (unpaired) electrons. The molecule has 3 heteroatoms. The van der Waals surface area contributed by atoms with Crippen LogP contribution in [-0.4, -0.2) is 22.9 Å². The van der Waals surface area contributed by atoms with Crippen LogP contribution in [-0.2, 0) is 11.2 Å². The maximum atomic E-state index is 12.2. The minimum Gasteiger partial charge on any atom is -0.399 e. The van der Waals surface area contributed by atoms with E-state index in [4.69, 9.17) is 5.73 Å². The first-order valence-electron chi connectivity index (χ1n) is 6.49. The zero-order valence-electron chi connectivity index (χ0n) is 11.9. The van der Waals surface area contributed by atoms with Crippen LogP contribution in [0.1, 0.15) is 39.7 Å². The molecule has 1 amide bonds. The number of benzene rings is 1. The second kappa shape index (κ2) is 5.89. The molecule has 0 fully saturated rings. The van der Waals surface area contributed by atoms with Crippen LogP contribution in [0.2, 0.25) is 0 Å². The molecule has 0 aliphatic carbocycles. The molecular formula is C15H24N2O. The number of nitrogens with two attached hydrogens (primary N) is 1. The van der Waals surface area contributed by atoms with Gasteiger partial charge in [0.1, 0.15) is 0 Å². The van der Waals surface area contributed by atoms with Crippen LogP contribution in [0.25, 0.3) is 0 Å². The number of carbonyl (C=O) groups excluding carboxylic acids is 1. The molecule has 0 atom stereocenters. The summed E-state index contributed by atoms with van der Waals surface area (Å²) in [5.41, 5.74) is 7.44. The number of nitrogen functional groups attached to an aromatic ring is 1. The standard InChI is InChI=1S/C15H24N2O/c1-5-17(15(2,3)4)14(18)11-8-12-6-9-13(16)10-7-12/h6-7,9-10H,5,8,11,16H2,1-4H3. The third-order valence-electron chi connectivity index (χ3n) is 3.03. The Morgan fingerprint density at radius 3 is 2.22 bits per heavy atom. The lowest BCUT2D eigenvalue weighted by Crippen LogP contribution is -2.45. The number of carbonyl (C=O) groups is 1. The van der Waals surface area contributed by atoms with E-state index in [1.165, 1.54) is 0 Å². The van der Waals surface area contributed by atoms with Crippen LogP contribution in [0.15, 0.2) is 24.3 Å². The van der Waals surface area contributed by atoms with Gasteiger partial charge in [-0.25, -0.2) is 0 Å². The van der Waals surface area contributed by atoms with E-state index >= 15 is 0 Å². The maximum Gasteiger partial charge on any atom is 0.223 e. The Kier molecular flexibility index (Phi) is 4.76. The van der Waals surface area contributed by atoms with Gasteiger partial charge in [-0.1, -0.05) is 12.1 Å². The van der Waals surface area contributed by atoms with Crippen molar-refractivity contribution in [3.8, 4) is 0 Å². The van der Waals surface area contributed by atoms with Gasteiger partial charge in [-0.05, 0) is 51.8 Å². The van der Waals surface area contributed by atoms with Crippen LogP contribution >= 0.6 is 0 Å². The molecule has 2 N–H and O–H groups in total. The maximum absolute atomic E-state index is 12.2. The summed E-state index contributed by atoms with van der Waals surface area (Å²) in [5, 5.41) is 0. The van der Waals surface area contributed by atoms with Gasteiger partial charge in [0.25, 0.3) is 0 Å². The molecule has 0 aliphatic heterocycles. The number of anilines is 1. The van der Waals surface area contributed by atoms with Crippen molar-refractivity contribution in [1.29, 1.82) is 0 Å². The van der Waals surface area contributed by atoms with Crippen molar-refractivity contribution < 1.29 is 4.79 Å². The molecule has 0 saturated heterocycles. The summed E-state index contributed by atoms with van der Waals surface area (Å²) in [7, 11) is 0. The van der Waals surface area contributed by atoms with E-state index in [1.807, 2.05) is 36.1 Å². The van der Waals surface area contributed by atoms with Crippen LogP contribution in [0, 0.1) is 0 Å². The van der Waals surface area contributed by atoms with E-state index in [1.54, 1.807) is 0 Å². The van der Waals surface area contributed by atoms with Crippen molar-refractivity contribution in [3.63, 3.8) is 0 Å². The van der Waals surface area contributed by atoms with E-state index in [2.05, 4.69) is 20.8 Å². The quantitative estimate of drug-likeness (QED) is 0.833. The molecule has 0 aromatic heterocycles. The number of rotatable bonds is 4. The Bertz CT molecular complexity index is 390. The fraction of sp³-hybridized carbons (Fsp3) is 0.533. The van der Waals surface area contributed by atoms with Gasteiger partial charge in [-0.15, -0.1) is 0 Å². The molecule has 0 bridgehead atoms. The molecule has 0 unspecified atom stereocenters. The van der Waals surface area contributed by atoms with E-state index in [0.29, 0.717) is 6.42 Å². The third kappa shape index (κ3) is 4.06. The second-order valence-electron chi connectivity index (χ2n) is 5.55. The molecule has 100 valence electrons. The van der Waals surface area contributed by atoms with Gasteiger partial charge in [0.2, 0.25) is 5.91 Å². The van der Waals surface area contributed by atoms with E-state index in [9.17, 15) is 4.79 Å². The molecule has 0 aliphatic rings. The Balaban J connectivity index is 2.57. The number of aryl methyl sites for hydroxylation is 1. The smallest absolute Gasteiger partial charge is 0.223 e. The Morgan fingerprint density at radius 1 is 1.22 bits per heavy atom. The first-order chi connectivity index (χ1) is 8.34. The first kappa shape index (κ1) is 14.6. The van der Waals surface area contributed by atoms with E-state index in [-0.39, 0.29) is 11.4 Å². The molecule has 3 nitrogen and oxygen atoms in total. The average molecular weight is 248 g/mol. The monoisotopic (exact) mass is 248 g/mol. The Morgan fingerprint density at radius 2 is 1.78 bits per heavy atom. The average Bonchev–Trinajstić information content (AvgIpc) is 2.27. The molecule has 1 aromatic carbocycles. The fourth-order valence-electron chi connectivity index (χ4n) is 2.10. The minimum atomic E-state index is -0.104. The molecule has 0 spiro atoms. The second-order valence-corrected chi connectivity index (χ2v) is 5.55. The van der Waals surface area contributed by atoms with Crippen molar-refractivity contribution in [1.82, 2.24) is 4.90 Å². The summed E-state index contributed by atoms with van der Waals surface area (Å²) in [4.78, 5) is 14.1. The number of hydrogen-bond acceptors (Lipinski definition) is 2. The Labute approximate surface area is 110 Å². The highest BCUT2D eigenvalue weighted by atomic mass is 16.2. The fourth-order valence-corrected chi connectivity index (χ4v) is 2.10. The number of nitrogens with zero attached hydrogens (tertiary/aromatic N) is 1. The zero-order chi connectivity index (χ0) is 13.8. The molecule has 1 aromatic rings. The molecule has 18 heavy (non-hydrogen) atoms. The topological polar surface area (TPSA) is 46.3 Å². The number of amides is 1. The summed E-state index contributed by atoms with van der Waals surface area (Å²) in [6.07, 6.45) is 1.32. The van der Waals surface area contributed by atoms with E-state index in [0.717, 1.165) is 24.2 Å². The van der Waals surface area contributed by atoms with Gasteiger partial charge in [-0.3, -0.25) is 4.79 Å². The van der Waals surface area contributed by atoms with Gasteiger partial charge < -0.3 is 10.6 Å². The van der Waals surface area contributed by atoms with Crippen molar-refractivity contribution in [3.05, 3.63) is 29.8 Å². The van der Waals surface area contributed by atoms with E-state index < -0.39 is 0 Å². The van der Waals surface area contributed by atoms with Crippen molar-refractivity contribution in [2.45, 2.75) is 46.1 Å². The van der Waals surface area contributed by atoms with Gasteiger partial charge in [0.15, 0.2) is 0 Å². The summed E-state index contributed by atoms with van der Waals surface area (Å²) in [6, 6.07) is 7.72.